The smallest absolute Gasteiger partial charge is 0.345 e. The van der Waals surface area contributed by atoms with E-state index in [4.69, 9.17) is 21.1 Å². The highest BCUT2D eigenvalue weighted by atomic mass is 35.5. The van der Waals surface area contributed by atoms with E-state index in [1.807, 2.05) is 41.5 Å². The molecule has 32 heavy (non-hydrogen) atoms. The molecule has 0 aliphatic rings. The summed E-state index contributed by atoms with van der Waals surface area (Å²) >= 11 is 5.91. The average Bonchev–Trinajstić information content (AvgIpc) is 2.67. The van der Waals surface area contributed by atoms with Gasteiger partial charge in [-0.3, -0.25) is 4.79 Å². The van der Waals surface area contributed by atoms with Crippen molar-refractivity contribution in [3.05, 3.63) is 50.7 Å². The van der Waals surface area contributed by atoms with E-state index < -0.39 is 17.5 Å². The van der Waals surface area contributed by atoms with Crippen LogP contribution in [0.25, 0.3) is 0 Å². The fraction of sp³-hybridized carbons (Fsp3) is 0.545. The van der Waals surface area contributed by atoms with E-state index >= 15 is 0 Å². The van der Waals surface area contributed by atoms with Crippen molar-refractivity contribution in [1.82, 2.24) is 19.9 Å². The lowest BCUT2D eigenvalue weighted by Crippen LogP contribution is -2.26. The maximum absolute atomic E-state index is 11.6. The highest BCUT2D eigenvalue weighted by molar-refractivity contribution is 6.32. The molecular weight excluding hydrogens is 436 g/mol. The van der Waals surface area contributed by atoms with Crippen molar-refractivity contribution in [2.45, 2.75) is 66.2 Å². The lowest BCUT2D eigenvalue weighted by atomic mass is 9.96. The van der Waals surface area contributed by atoms with Crippen LogP contribution in [0.5, 0.6) is 0 Å². The van der Waals surface area contributed by atoms with Gasteiger partial charge >= 0.3 is 11.9 Å². The zero-order valence-corrected chi connectivity index (χ0v) is 20.6. The number of nitrogens with zero attached hydrogens (tertiary/aromatic N) is 3. The molecule has 0 fully saturated rings. The van der Waals surface area contributed by atoms with Crippen molar-refractivity contribution in [2.75, 3.05) is 13.2 Å². The van der Waals surface area contributed by atoms with E-state index in [2.05, 4.69) is 19.9 Å². The topological polar surface area (TPSA) is 124 Å². The Balaban J connectivity index is 0.000000320. The molecule has 10 heteroatoms. The van der Waals surface area contributed by atoms with Crippen LogP contribution in [-0.2, 0) is 20.3 Å². The summed E-state index contributed by atoms with van der Waals surface area (Å²) in [6.45, 7) is 15.7. The minimum absolute atomic E-state index is 0.0603. The second kappa shape index (κ2) is 11.2. The van der Waals surface area contributed by atoms with Crippen molar-refractivity contribution in [1.29, 1.82) is 0 Å². The predicted octanol–water partition coefficient (Wildman–Crippen LogP) is 3.85. The monoisotopic (exact) mass is 466 g/mol. The highest BCUT2D eigenvalue weighted by Gasteiger charge is 2.21. The van der Waals surface area contributed by atoms with Gasteiger partial charge in [-0.2, -0.15) is 0 Å². The number of hydrogen-bond acceptors (Lipinski definition) is 8. The molecule has 2 aromatic rings. The normalized spacial score (nSPS) is 11.3. The lowest BCUT2D eigenvalue weighted by Gasteiger charge is -2.16. The van der Waals surface area contributed by atoms with Crippen LogP contribution in [0.3, 0.4) is 0 Å². The molecule has 2 rings (SSSR count). The van der Waals surface area contributed by atoms with Gasteiger partial charge in [-0.05, 0) is 13.8 Å². The molecule has 0 bridgehead atoms. The standard InChI is InChI=1S/C11H15ClN2O2.C11H16N2O3/c1-5-16-9(15)7-6-13-10(11(2,3)4)14-8(7)12;1-5-16-9(15)7-6-12-10(11(2,3)4)13-8(7)14/h6H,5H2,1-4H3;6H,5H2,1-4H3,(H,12,13,14). The van der Waals surface area contributed by atoms with Gasteiger partial charge in [0.05, 0.1) is 13.2 Å². The number of esters is 2. The Morgan fingerprint density at radius 3 is 1.81 bits per heavy atom. The van der Waals surface area contributed by atoms with E-state index in [1.54, 1.807) is 13.8 Å². The number of H-pyrrole nitrogens is 1. The van der Waals surface area contributed by atoms with Gasteiger partial charge in [-0.15, -0.1) is 0 Å². The third kappa shape index (κ3) is 7.71. The van der Waals surface area contributed by atoms with Crippen LogP contribution >= 0.6 is 11.6 Å². The fourth-order valence-electron chi connectivity index (χ4n) is 2.20. The number of rotatable bonds is 4. The third-order valence-electron chi connectivity index (χ3n) is 3.91. The molecule has 0 saturated carbocycles. The van der Waals surface area contributed by atoms with Crippen LogP contribution in [0.1, 0.15) is 87.8 Å². The summed E-state index contributed by atoms with van der Waals surface area (Å²) in [5.74, 6) is 0.0146. The summed E-state index contributed by atoms with van der Waals surface area (Å²) in [7, 11) is 0. The van der Waals surface area contributed by atoms with E-state index in [0.717, 1.165) is 0 Å². The number of halogens is 1. The van der Waals surface area contributed by atoms with Crippen LogP contribution < -0.4 is 5.56 Å². The summed E-state index contributed by atoms with van der Waals surface area (Å²) in [5, 5.41) is 0.137. The Labute approximate surface area is 192 Å². The Morgan fingerprint density at radius 1 is 0.906 bits per heavy atom. The van der Waals surface area contributed by atoms with Gasteiger partial charge in [0.1, 0.15) is 27.9 Å². The van der Waals surface area contributed by atoms with Gasteiger partial charge in [0.15, 0.2) is 0 Å². The number of ether oxygens (including phenoxy) is 2. The van der Waals surface area contributed by atoms with Crippen LogP contribution in [0.2, 0.25) is 5.15 Å². The molecule has 0 amide bonds. The first-order valence-electron chi connectivity index (χ1n) is 10.2. The SMILES string of the molecule is CCOC(=O)c1cnc(C(C)(C)C)[nH]c1=O.CCOC(=O)c1cnc(C(C)(C)C)nc1Cl. The molecule has 0 atom stereocenters. The minimum atomic E-state index is -0.642. The summed E-state index contributed by atoms with van der Waals surface area (Å²) in [6, 6.07) is 0. The summed E-state index contributed by atoms with van der Waals surface area (Å²) in [4.78, 5) is 49.3. The molecule has 176 valence electrons. The number of hydrogen-bond donors (Lipinski definition) is 1. The van der Waals surface area contributed by atoms with Crippen molar-refractivity contribution in [2.24, 2.45) is 0 Å². The molecular formula is C22H31ClN4O5. The number of carbonyl (C=O) groups is 2. The molecule has 0 saturated heterocycles. The molecule has 0 aromatic carbocycles. The van der Waals surface area contributed by atoms with Gasteiger partial charge in [0, 0.05) is 23.2 Å². The van der Waals surface area contributed by atoms with E-state index in [1.165, 1.54) is 12.4 Å². The minimum Gasteiger partial charge on any atom is -0.462 e. The van der Waals surface area contributed by atoms with E-state index in [0.29, 0.717) is 18.3 Å². The van der Waals surface area contributed by atoms with E-state index in [9.17, 15) is 14.4 Å². The Hall–Kier alpha value is -2.81. The van der Waals surface area contributed by atoms with Crippen molar-refractivity contribution < 1.29 is 19.1 Å². The molecule has 0 aliphatic heterocycles. The molecule has 9 nitrogen and oxygen atoms in total. The number of aromatic nitrogens is 4. The maximum atomic E-state index is 11.6. The van der Waals surface area contributed by atoms with Crippen molar-refractivity contribution >= 4 is 23.5 Å². The van der Waals surface area contributed by atoms with Crippen LogP contribution in [0, 0.1) is 0 Å². The largest absolute Gasteiger partial charge is 0.462 e. The van der Waals surface area contributed by atoms with Gasteiger partial charge in [0.2, 0.25) is 0 Å². The Bertz CT molecular complexity index is 1010. The summed E-state index contributed by atoms with van der Waals surface area (Å²) in [6.07, 6.45) is 2.67. The Morgan fingerprint density at radius 2 is 1.41 bits per heavy atom. The van der Waals surface area contributed by atoms with Crippen LogP contribution in [0.15, 0.2) is 17.2 Å². The summed E-state index contributed by atoms with van der Waals surface area (Å²) < 4.78 is 9.57. The molecule has 0 aliphatic carbocycles. The molecule has 1 N–H and O–H groups in total. The van der Waals surface area contributed by atoms with Gasteiger partial charge in [0.25, 0.3) is 5.56 Å². The predicted molar refractivity (Wildman–Crippen MR) is 121 cm³/mol. The molecule has 2 aromatic heterocycles. The van der Waals surface area contributed by atoms with Gasteiger partial charge in [-0.1, -0.05) is 53.1 Å². The van der Waals surface area contributed by atoms with E-state index in [-0.39, 0.29) is 33.7 Å². The average molecular weight is 467 g/mol. The maximum Gasteiger partial charge on any atom is 0.345 e. The molecule has 0 unspecified atom stereocenters. The van der Waals surface area contributed by atoms with Gasteiger partial charge in [-0.25, -0.2) is 24.5 Å². The number of aromatic amines is 1. The third-order valence-corrected chi connectivity index (χ3v) is 4.20. The quantitative estimate of drug-likeness (QED) is 0.532. The first-order valence-corrected chi connectivity index (χ1v) is 10.6. The van der Waals surface area contributed by atoms with Crippen LogP contribution in [0.4, 0.5) is 0 Å². The fourth-order valence-corrected chi connectivity index (χ4v) is 2.40. The van der Waals surface area contributed by atoms with Crippen molar-refractivity contribution in [3.63, 3.8) is 0 Å². The first-order chi connectivity index (χ1) is 14.7. The summed E-state index contributed by atoms with van der Waals surface area (Å²) in [5.41, 5.74) is -0.770. The lowest BCUT2D eigenvalue weighted by molar-refractivity contribution is 0.0514. The number of carbonyl (C=O) groups excluding carboxylic acids is 2. The molecule has 2 heterocycles. The number of nitrogens with one attached hydrogen (secondary N) is 1. The van der Waals surface area contributed by atoms with Gasteiger partial charge < -0.3 is 14.5 Å². The second-order valence-corrected chi connectivity index (χ2v) is 9.17. The second-order valence-electron chi connectivity index (χ2n) is 8.81. The highest BCUT2D eigenvalue weighted by Crippen LogP contribution is 2.21. The molecule has 0 radical (unpaired) electrons. The van der Waals surface area contributed by atoms with Crippen LogP contribution in [-0.4, -0.2) is 45.1 Å². The zero-order valence-electron chi connectivity index (χ0n) is 19.8. The first kappa shape index (κ1) is 27.2. The molecule has 0 spiro atoms. The van der Waals surface area contributed by atoms with Crippen molar-refractivity contribution in [3.8, 4) is 0 Å². The zero-order chi connectivity index (χ0) is 24.7. The Kier molecular flexibility index (Phi) is 9.51.